The Balaban J connectivity index is 1.59. The third-order valence-electron chi connectivity index (χ3n) is 5.65. The second-order valence-electron chi connectivity index (χ2n) is 8.19. The lowest BCUT2D eigenvalue weighted by atomic mass is 10.2. The largest absolute Gasteiger partial charge is 0.361 e. The van der Waals surface area contributed by atoms with E-state index in [2.05, 4.69) is 35.1 Å². The Kier molecular flexibility index (Phi) is 6.65. The predicted molar refractivity (Wildman–Crippen MR) is 134 cm³/mol. The smallest absolute Gasteiger partial charge is 0.161 e. The van der Waals surface area contributed by atoms with Crippen LogP contribution >= 0.6 is 0 Å². The minimum Gasteiger partial charge on any atom is -0.361 e. The van der Waals surface area contributed by atoms with Gasteiger partial charge in [0.1, 0.15) is 24.8 Å². The summed E-state index contributed by atoms with van der Waals surface area (Å²) in [5, 5.41) is 0. The number of benzene rings is 2. The van der Waals surface area contributed by atoms with Crippen molar-refractivity contribution in [2.24, 2.45) is 0 Å². The van der Waals surface area contributed by atoms with Crippen LogP contribution in [0.3, 0.4) is 0 Å². The van der Waals surface area contributed by atoms with Crippen LogP contribution in [0.5, 0.6) is 0 Å². The highest BCUT2D eigenvalue weighted by Crippen LogP contribution is 2.28. The van der Waals surface area contributed by atoms with E-state index in [1.807, 2.05) is 54.6 Å². The molecule has 7 heteroatoms. The minimum absolute atomic E-state index is 0.430. The maximum Gasteiger partial charge on any atom is 0.161 e. The number of imidazole rings is 2. The fraction of sp³-hybridized carbons (Fsp3) is 0.296. The average Bonchev–Trinajstić information content (AvgIpc) is 3.43. The maximum absolute atomic E-state index is 5.89. The van der Waals surface area contributed by atoms with Gasteiger partial charge in [-0.1, -0.05) is 44.2 Å². The van der Waals surface area contributed by atoms with Crippen molar-refractivity contribution >= 4 is 22.1 Å². The van der Waals surface area contributed by atoms with E-state index in [4.69, 9.17) is 24.4 Å². The number of fused-ring (bicyclic) bond motifs is 2. The van der Waals surface area contributed by atoms with Crippen LogP contribution in [0.25, 0.3) is 45.1 Å². The maximum atomic E-state index is 5.89. The number of ether oxygens (including phenoxy) is 2. The molecule has 0 aliphatic rings. The lowest BCUT2D eigenvalue weighted by Gasteiger charge is -2.11. The highest BCUT2D eigenvalue weighted by Gasteiger charge is 2.17. The number of para-hydroxylation sites is 4. The Hall–Kier alpha value is -3.55. The van der Waals surface area contributed by atoms with Crippen LogP contribution < -0.4 is 0 Å². The minimum atomic E-state index is 0.430. The SMILES string of the molecule is CCCOCn1c(-c2cccc(-c3nc4ccccc4n3COCCC)n2)nc2ccccc21. The van der Waals surface area contributed by atoms with Crippen molar-refractivity contribution in [1.29, 1.82) is 0 Å². The first-order valence-corrected chi connectivity index (χ1v) is 11.8. The number of pyridine rings is 1. The first-order valence-electron chi connectivity index (χ1n) is 11.8. The van der Waals surface area contributed by atoms with Gasteiger partial charge >= 0.3 is 0 Å². The van der Waals surface area contributed by atoms with Gasteiger partial charge in [0, 0.05) is 13.2 Å². The lowest BCUT2D eigenvalue weighted by Crippen LogP contribution is -2.07. The summed E-state index contributed by atoms with van der Waals surface area (Å²) < 4.78 is 16.0. The normalized spacial score (nSPS) is 11.6. The molecule has 0 amide bonds. The third-order valence-corrected chi connectivity index (χ3v) is 5.65. The van der Waals surface area contributed by atoms with Crippen molar-refractivity contribution in [3.63, 3.8) is 0 Å². The number of nitrogens with zero attached hydrogens (tertiary/aromatic N) is 5. The van der Waals surface area contributed by atoms with E-state index >= 15 is 0 Å². The standard InChI is InChI=1S/C27H29N5O2/c1-3-16-33-18-31-24-14-7-5-10-20(24)29-26(31)22-12-9-13-23(28-22)27-30-21-11-6-8-15-25(21)32(27)19-34-17-4-2/h5-15H,3-4,16-19H2,1-2H3. The van der Waals surface area contributed by atoms with E-state index in [1.165, 1.54) is 0 Å². The summed E-state index contributed by atoms with van der Waals surface area (Å²) >= 11 is 0. The molecule has 0 unspecified atom stereocenters. The molecule has 0 fully saturated rings. The molecule has 174 valence electrons. The van der Waals surface area contributed by atoms with Crippen LogP contribution in [-0.2, 0) is 22.9 Å². The summed E-state index contributed by atoms with van der Waals surface area (Å²) in [6.45, 7) is 6.46. The van der Waals surface area contributed by atoms with E-state index in [0.717, 1.165) is 57.9 Å². The van der Waals surface area contributed by atoms with Crippen molar-refractivity contribution in [1.82, 2.24) is 24.1 Å². The molecule has 0 atom stereocenters. The van der Waals surface area contributed by atoms with Crippen molar-refractivity contribution in [2.45, 2.75) is 40.2 Å². The second kappa shape index (κ2) is 10.2. The zero-order valence-corrected chi connectivity index (χ0v) is 19.6. The van der Waals surface area contributed by atoms with E-state index in [1.54, 1.807) is 0 Å². The Morgan fingerprint density at radius 2 is 1.06 bits per heavy atom. The molecule has 5 rings (SSSR count). The fourth-order valence-corrected chi connectivity index (χ4v) is 4.09. The van der Waals surface area contributed by atoms with Gasteiger partial charge in [-0.15, -0.1) is 0 Å². The van der Waals surface area contributed by atoms with Crippen LogP contribution in [0.4, 0.5) is 0 Å². The molecule has 7 nitrogen and oxygen atoms in total. The summed E-state index contributed by atoms with van der Waals surface area (Å²) in [7, 11) is 0. The van der Waals surface area contributed by atoms with Gasteiger partial charge < -0.3 is 9.47 Å². The summed E-state index contributed by atoms with van der Waals surface area (Å²) in [6.07, 6.45) is 1.93. The van der Waals surface area contributed by atoms with Crippen molar-refractivity contribution in [2.75, 3.05) is 13.2 Å². The van der Waals surface area contributed by atoms with Gasteiger partial charge in [0.05, 0.1) is 22.1 Å². The summed E-state index contributed by atoms with van der Waals surface area (Å²) in [4.78, 5) is 14.8. The number of rotatable bonds is 10. The molecule has 0 aliphatic carbocycles. The van der Waals surface area contributed by atoms with Crippen molar-refractivity contribution < 1.29 is 9.47 Å². The number of hydrogen-bond acceptors (Lipinski definition) is 5. The predicted octanol–water partition coefficient (Wildman–Crippen LogP) is 5.88. The summed E-state index contributed by atoms with van der Waals surface area (Å²) in [5.41, 5.74) is 5.46. The fourth-order valence-electron chi connectivity index (χ4n) is 4.09. The molecule has 0 N–H and O–H groups in total. The molecule has 0 saturated carbocycles. The molecule has 3 heterocycles. The topological polar surface area (TPSA) is 67.0 Å². The van der Waals surface area contributed by atoms with Crippen molar-refractivity contribution in [3.8, 4) is 23.0 Å². The Morgan fingerprint density at radius 3 is 1.53 bits per heavy atom. The first kappa shape index (κ1) is 22.3. The monoisotopic (exact) mass is 455 g/mol. The molecular weight excluding hydrogens is 426 g/mol. The Bertz CT molecular complexity index is 1300. The summed E-state index contributed by atoms with van der Waals surface area (Å²) in [6, 6.07) is 22.2. The molecular formula is C27H29N5O2. The van der Waals surface area contributed by atoms with Crippen LogP contribution in [0.1, 0.15) is 26.7 Å². The number of hydrogen-bond donors (Lipinski definition) is 0. The Morgan fingerprint density at radius 1 is 0.588 bits per heavy atom. The van der Waals surface area contributed by atoms with Gasteiger partial charge in [-0.3, -0.25) is 9.13 Å². The molecule has 0 spiro atoms. The van der Waals surface area contributed by atoms with E-state index in [-0.39, 0.29) is 0 Å². The van der Waals surface area contributed by atoms with Gasteiger partial charge in [-0.25, -0.2) is 15.0 Å². The molecule has 2 aromatic carbocycles. The number of aromatic nitrogens is 5. The molecule has 0 bridgehead atoms. The lowest BCUT2D eigenvalue weighted by molar-refractivity contribution is 0.0810. The molecule has 5 aromatic rings. The highest BCUT2D eigenvalue weighted by molar-refractivity contribution is 5.81. The quantitative estimate of drug-likeness (QED) is 0.246. The average molecular weight is 456 g/mol. The Labute approximate surface area is 199 Å². The molecule has 34 heavy (non-hydrogen) atoms. The highest BCUT2D eigenvalue weighted by atomic mass is 16.5. The van der Waals surface area contributed by atoms with Gasteiger partial charge in [-0.2, -0.15) is 0 Å². The zero-order chi connectivity index (χ0) is 23.3. The van der Waals surface area contributed by atoms with E-state index in [9.17, 15) is 0 Å². The van der Waals surface area contributed by atoms with Crippen LogP contribution in [0, 0.1) is 0 Å². The van der Waals surface area contributed by atoms with E-state index < -0.39 is 0 Å². The van der Waals surface area contributed by atoms with Crippen molar-refractivity contribution in [3.05, 3.63) is 66.7 Å². The van der Waals surface area contributed by atoms with Gasteiger partial charge in [0.2, 0.25) is 0 Å². The van der Waals surface area contributed by atoms with Gasteiger partial charge in [-0.05, 0) is 49.2 Å². The van der Waals surface area contributed by atoms with Gasteiger partial charge in [0.25, 0.3) is 0 Å². The molecule has 0 radical (unpaired) electrons. The molecule has 0 saturated heterocycles. The van der Waals surface area contributed by atoms with Crippen LogP contribution in [0.15, 0.2) is 66.7 Å². The third kappa shape index (κ3) is 4.32. The second-order valence-corrected chi connectivity index (χ2v) is 8.19. The molecule has 3 aromatic heterocycles. The molecule has 0 aliphatic heterocycles. The summed E-state index contributed by atoms with van der Waals surface area (Å²) in [5.74, 6) is 1.56. The zero-order valence-electron chi connectivity index (χ0n) is 19.6. The van der Waals surface area contributed by atoms with Gasteiger partial charge in [0.15, 0.2) is 11.6 Å². The van der Waals surface area contributed by atoms with Crippen LogP contribution in [0.2, 0.25) is 0 Å². The van der Waals surface area contributed by atoms with Crippen LogP contribution in [-0.4, -0.2) is 37.3 Å². The van der Waals surface area contributed by atoms with E-state index in [0.29, 0.717) is 26.7 Å². The first-order chi connectivity index (χ1) is 16.8.